The van der Waals surface area contributed by atoms with E-state index in [4.69, 9.17) is 0 Å². The topological polar surface area (TPSA) is 45.8 Å². The summed E-state index contributed by atoms with van der Waals surface area (Å²) in [7, 11) is 0. The number of hydrogen-bond acceptors (Lipinski definition) is 2. The lowest BCUT2D eigenvalue weighted by Gasteiger charge is -1.89. The first-order chi connectivity index (χ1) is 7.31. The third-order valence-corrected chi connectivity index (χ3v) is 2.41. The molecule has 0 atom stereocenters. The van der Waals surface area contributed by atoms with E-state index in [0.717, 1.165) is 27.4 Å². The Labute approximate surface area is 95.0 Å². The Bertz CT molecular complexity index is 563. The van der Waals surface area contributed by atoms with E-state index in [0.29, 0.717) is 0 Å². The van der Waals surface area contributed by atoms with Crippen LogP contribution in [0, 0.1) is 11.8 Å². The van der Waals surface area contributed by atoms with Gasteiger partial charge in [-0.05, 0) is 24.1 Å². The van der Waals surface area contributed by atoms with Crippen molar-refractivity contribution in [1.82, 2.24) is 10.2 Å². The summed E-state index contributed by atoms with van der Waals surface area (Å²) in [5.74, 6) is 5.62. The fourth-order valence-corrected chi connectivity index (χ4v) is 1.61. The van der Waals surface area contributed by atoms with Gasteiger partial charge < -0.3 is 4.79 Å². The molecular formula is C11H7BrN2O. The number of carbonyl (C=O) groups excluding carboxylic acids is 1. The molecule has 0 aliphatic heterocycles. The number of nitrogens with one attached hydrogen (secondary N) is 1. The van der Waals surface area contributed by atoms with E-state index in [1.165, 1.54) is 0 Å². The highest BCUT2D eigenvalue weighted by Crippen LogP contribution is 2.19. The molecule has 1 aromatic heterocycles. The average Bonchev–Trinajstić information content (AvgIpc) is 2.61. The lowest BCUT2D eigenvalue weighted by Crippen LogP contribution is -1.75. The predicted octanol–water partition coefficient (Wildman–Crippen LogP) is 2.27. The molecule has 0 radical (unpaired) electrons. The zero-order valence-electron chi connectivity index (χ0n) is 7.75. The number of aldehydes is 1. The second-order valence-corrected chi connectivity index (χ2v) is 3.85. The largest absolute Gasteiger partial charge is 0.302 e. The van der Waals surface area contributed by atoms with E-state index >= 15 is 0 Å². The Hall–Kier alpha value is -1.60. The van der Waals surface area contributed by atoms with E-state index in [1.54, 1.807) is 0 Å². The van der Waals surface area contributed by atoms with Crippen molar-refractivity contribution < 1.29 is 4.79 Å². The van der Waals surface area contributed by atoms with Gasteiger partial charge in [0, 0.05) is 9.86 Å². The Kier molecular flexibility index (Phi) is 2.84. The summed E-state index contributed by atoms with van der Waals surface area (Å²) in [5.41, 5.74) is 1.61. The summed E-state index contributed by atoms with van der Waals surface area (Å²) < 4.78 is 0.980. The van der Waals surface area contributed by atoms with Gasteiger partial charge in [0.25, 0.3) is 0 Å². The van der Waals surface area contributed by atoms with Crippen molar-refractivity contribution in [3.05, 3.63) is 28.4 Å². The molecule has 0 saturated heterocycles. The molecule has 3 nitrogen and oxygen atoms in total. The van der Waals surface area contributed by atoms with Crippen molar-refractivity contribution in [3.8, 4) is 11.8 Å². The maximum absolute atomic E-state index is 10.1. The molecule has 15 heavy (non-hydrogen) atoms. The summed E-state index contributed by atoms with van der Waals surface area (Å²) in [6.45, 7) is 0. The molecular weight excluding hydrogens is 256 g/mol. The molecule has 0 amide bonds. The molecule has 0 fully saturated rings. The number of carbonyl (C=O) groups is 1. The number of aromatic amines is 1. The first-order valence-corrected chi connectivity index (χ1v) is 5.16. The van der Waals surface area contributed by atoms with Crippen LogP contribution in [-0.2, 0) is 4.79 Å². The highest BCUT2D eigenvalue weighted by Gasteiger charge is 2.02. The standard InChI is InChI=1S/C11H7BrN2O/c12-8-4-5-9-10(3-1-2-6-15)13-14-11(9)7-8/h4-7H,2H2,(H,13,14). The lowest BCUT2D eigenvalue weighted by molar-refractivity contribution is -0.107. The second-order valence-electron chi connectivity index (χ2n) is 2.93. The fraction of sp³-hybridized carbons (Fsp3) is 0.0909. The number of benzene rings is 1. The molecule has 0 aliphatic rings. The van der Waals surface area contributed by atoms with Crippen LogP contribution in [0.4, 0.5) is 0 Å². The summed E-state index contributed by atoms with van der Waals surface area (Å²) >= 11 is 3.37. The van der Waals surface area contributed by atoms with Gasteiger partial charge >= 0.3 is 0 Å². The van der Waals surface area contributed by atoms with Gasteiger partial charge in [-0.2, -0.15) is 5.10 Å². The van der Waals surface area contributed by atoms with Gasteiger partial charge in [-0.15, -0.1) is 0 Å². The number of halogens is 1. The Balaban J connectivity index is 2.46. The molecule has 2 rings (SSSR count). The SMILES string of the molecule is O=CCC#Cc1[nH]nc2cc(Br)ccc12. The van der Waals surface area contributed by atoms with Crippen LogP contribution in [0.1, 0.15) is 12.1 Å². The zero-order chi connectivity index (χ0) is 10.7. The van der Waals surface area contributed by atoms with Crippen LogP contribution in [-0.4, -0.2) is 16.5 Å². The highest BCUT2D eigenvalue weighted by atomic mass is 79.9. The van der Waals surface area contributed by atoms with Crippen LogP contribution < -0.4 is 0 Å². The average molecular weight is 263 g/mol. The molecule has 0 spiro atoms. The van der Waals surface area contributed by atoms with E-state index in [9.17, 15) is 4.79 Å². The first kappa shape index (κ1) is 9.94. The maximum Gasteiger partial charge on any atom is 0.131 e. The highest BCUT2D eigenvalue weighted by molar-refractivity contribution is 9.10. The summed E-state index contributed by atoms with van der Waals surface area (Å²) in [6, 6.07) is 5.79. The minimum atomic E-state index is 0.247. The Morgan fingerprint density at radius 1 is 1.53 bits per heavy atom. The van der Waals surface area contributed by atoms with Gasteiger partial charge in [0.2, 0.25) is 0 Å². The summed E-state index contributed by atoms with van der Waals surface area (Å²) in [5, 5.41) is 7.92. The summed E-state index contributed by atoms with van der Waals surface area (Å²) in [6.07, 6.45) is 1.03. The second kappa shape index (κ2) is 4.28. The van der Waals surface area contributed by atoms with Crippen molar-refractivity contribution >= 4 is 33.1 Å². The quantitative estimate of drug-likeness (QED) is 0.633. The zero-order valence-corrected chi connectivity index (χ0v) is 9.34. The van der Waals surface area contributed by atoms with Crippen molar-refractivity contribution in [2.45, 2.75) is 6.42 Å². The van der Waals surface area contributed by atoms with E-state index in [1.807, 2.05) is 18.2 Å². The monoisotopic (exact) mass is 262 g/mol. The van der Waals surface area contributed by atoms with Gasteiger partial charge in [-0.3, -0.25) is 5.10 Å². The maximum atomic E-state index is 10.1. The smallest absolute Gasteiger partial charge is 0.131 e. The molecule has 2 aromatic rings. The van der Waals surface area contributed by atoms with Gasteiger partial charge in [0.1, 0.15) is 12.0 Å². The minimum absolute atomic E-state index is 0.247. The van der Waals surface area contributed by atoms with E-state index in [-0.39, 0.29) is 6.42 Å². The molecule has 74 valence electrons. The normalized spacial score (nSPS) is 9.67. The van der Waals surface area contributed by atoms with Crippen LogP contribution >= 0.6 is 15.9 Å². The number of H-pyrrole nitrogens is 1. The third kappa shape index (κ3) is 2.08. The van der Waals surface area contributed by atoms with Crippen molar-refractivity contribution in [3.63, 3.8) is 0 Å². The number of aromatic nitrogens is 2. The van der Waals surface area contributed by atoms with Crippen LogP contribution in [0.25, 0.3) is 10.9 Å². The van der Waals surface area contributed by atoms with Crippen molar-refractivity contribution in [1.29, 1.82) is 0 Å². The van der Waals surface area contributed by atoms with E-state index < -0.39 is 0 Å². The van der Waals surface area contributed by atoms with Gasteiger partial charge in [0.05, 0.1) is 11.9 Å². The third-order valence-electron chi connectivity index (χ3n) is 1.92. The molecule has 1 aromatic carbocycles. The first-order valence-electron chi connectivity index (χ1n) is 4.37. The molecule has 1 N–H and O–H groups in total. The van der Waals surface area contributed by atoms with E-state index in [2.05, 4.69) is 38.0 Å². The van der Waals surface area contributed by atoms with Crippen molar-refractivity contribution in [2.24, 2.45) is 0 Å². The Morgan fingerprint density at radius 2 is 2.40 bits per heavy atom. The van der Waals surface area contributed by atoms with Crippen LogP contribution in [0.15, 0.2) is 22.7 Å². The van der Waals surface area contributed by atoms with Crippen molar-refractivity contribution in [2.75, 3.05) is 0 Å². The molecule has 0 bridgehead atoms. The van der Waals surface area contributed by atoms with Gasteiger partial charge in [0.15, 0.2) is 0 Å². The molecule has 4 heteroatoms. The van der Waals surface area contributed by atoms with Crippen LogP contribution in [0.3, 0.4) is 0 Å². The van der Waals surface area contributed by atoms with Gasteiger partial charge in [-0.1, -0.05) is 21.9 Å². The number of rotatable bonds is 1. The molecule has 0 unspecified atom stereocenters. The summed E-state index contributed by atoms with van der Waals surface area (Å²) in [4.78, 5) is 10.1. The molecule has 1 heterocycles. The van der Waals surface area contributed by atoms with Crippen LogP contribution in [0.5, 0.6) is 0 Å². The number of nitrogens with zero attached hydrogens (tertiary/aromatic N) is 1. The fourth-order valence-electron chi connectivity index (χ4n) is 1.26. The molecule has 0 aliphatic carbocycles. The number of hydrogen-bond donors (Lipinski definition) is 1. The van der Waals surface area contributed by atoms with Crippen LogP contribution in [0.2, 0.25) is 0 Å². The minimum Gasteiger partial charge on any atom is -0.302 e. The number of fused-ring (bicyclic) bond motifs is 1. The molecule has 0 saturated carbocycles. The van der Waals surface area contributed by atoms with Gasteiger partial charge in [-0.25, -0.2) is 0 Å². The Morgan fingerprint density at radius 3 is 3.20 bits per heavy atom. The lowest BCUT2D eigenvalue weighted by atomic mass is 10.2. The predicted molar refractivity (Wildman–Crippen MR) is 61.4 cm³/mol.